The molecule has 3 aliphatic rings. The van der Waals surface area contributed by atoms with Gasteiger partial charge in [0.1, 0.15) is 23.7 Å². The fraction of sp³-hybridized carbons (Fsp3) is 0.600. The first-order valence-corrected chi connectivity index (χ1v) is 14.8. The van der Waals surface area contributed by atoms with Crippen LogP contribution in [0.4, 0.5) is 0 Å². The summed E-state index contributed by atoms with van der Waals surface area (Å²) < 4.78 is 67.6. The Morgan fingerprint density at radius 3 is 2.60 bits per heavy atom. The molecule has 0 aliphatic carbocycles. The molecule has 194 valence electrons. The van der Waals surface area contributed by atoms with Crippen molar-refractivity contribution in [3.63, 3.8) is 0 Å². The molecule has 12 nitrogen and oxygen atoms in total. The van der Waals surface area contributed by atoms with Gasteiger partial charge in [0.15, 0.2) is 16.3 Å². The molecule has 4 heterocycles. The van der Waals surface area contributed by atoms with E-state index >= 15 is 0 Å². The maximum atomic E-state index is 13.0. The number of aliphatic hydroxyl groups excluding tert-OH is 1. The zero-order valence-electron chi connectivity index (χ0n) is 19.8. The minimum absolute atomic E-state index is 0.0587. The number of nitrogens with one attached hydrogen (secondary N) is 2. The summed E-state index contributed by atoms with van der Waals surface area (Å²) in [6.07, 6.45) is -1.42. The summed E-state index contributed by atoms with van der Waals surface area (Å²) in [7, 11) is -7.90. The average molecular weight is 548 g/mol. The van der Waals surface area contributed by atoms with Crippen molar-refractivity contribution in [2.75, 3.05) is 26.3 Å². The van der Waals surface area contributed by atoms with Gasteiger partial charge in [-0.15, -0.1) is 16.2 Å². The molecular weight excluding hydrogens is 518 g/mol. The van der Waals surface area contributed by atoms with Crippen LogP contribution in [0, 0.1) is 12.3 Å². The second-order valence-electron chi connectivity index (χ2n) is 9.42. The van der Waals surface area contributed by atoms with E-state index in [1.54, 1.807) is 19.1 Å². The number of hydrogen-bond acceptors (Lipinski definition) is 10. The number of rotatable bonds is 5. The third-order valence-corrected chi connectivity index (χ3v) is 10.3. The van der Waals surface area contributed by atoms with Crippen LogP contribution in [0.15, 0.2) is 37.0 Å². The third-order valence-electron chi connectivity index (χ3n) is 5.56. The first kappa shape index (κ1) is 26.2. The Hall–Kier alpha value is -1.91. The SMILES string of the molecule is Cc1ccc([C@H](N=C2NS(=O)(=O)N=C2NC2=CSC(S(=O)(=O)N3CCOCC3)C2O)C(C)(C)C)o1. The van der Waals surface area contributed by atoms with Crippen LogP contribution in [-0.2, 0) is 25.0 Å². The van der Waals surface area contributed by atoms with Gasteiger partial charge in [-0.3, -0.25) is 4.99 Å². The van der Waals surface area contributed by atoms with E-state index in [0.717, 1.165) is 11.8 Å². The van der Waals surface area contributed by atoms with E-state index in [2.05, 4.69) is 19.4 Å². The van der Waals surface area contributed by atoms with E-state index in [-0.39, 0.29) is 43.7 Å². The molecular formula is C20H29N5O7S3. The molecule has 3 N–H and O–H groups in total. The van der Waals surface area contributed by atoms with Gasteiger partial charge in [-0.1, -0.05) is 20.8 Å². The molecule has 3 aliphatic heterocycles. The molecule has 0 amide bonds. The molecule has 0 bridgehead atoms. The highest BCUT2D eigenvalue weighted by atomic mass is 32.3. The van der Waals surface area contributed by atoms with Gasteiger partial charge in [-0.05, 0) is 29.9 Å². The summed E-state index contributed by atoms with van der Waals surface area (Å²) in [5, 5.41) is 15.1. The van der Waals surface area contributed by atoms with Crippen LogP contribution in [0.3, 0.4) is 0 Å². The van der Waals surface area contributed by atoms with Crippen molar-refractivity contribution >= 4 is 43.7 Å². The molecule has 15 heteroatoms. The molecule has 0 radical (unpaired) electrons. The standard InChI is InChI=1S/C20H29N5O7S3/c1-12-5-6-14(32-12)16(20(2,3)4)22-18-17(23-35(29,30)24-18)21-13-11-33-19(15(13)26)34(27,28)25-7-9-31-10-8-25/h5-6,11,15-16,19,26H,7-10H2,1-4H3,(H,21,23)(H,22,24)/t15?,16-,19?/m0/s1. The van der Waals surface area contributed by atoms with Gasteiger partial charge in [-0.25, -0.2) is 13.1 Å². The number of aliphatic imine (C=N–C) groups is 1. The monoisotopic (exact) mass is 547 g/mol. The van der Waals surface area contributed by atoms with Gasteiger partial charge in [0.05, 0.1) is 18.9 Å². The molecule has 0 aromatic carbocycles. The number of ether oxygens (including phenoxy) is 1. The van der Waals surface area contributed by atoms with Gasteiger partial charge >= 0.3 is 10.2 Å². The Labute approximate surface area is 209 Å². The molecule has 35 heavy (non-hydrogen) atoms. The van der Waals surface area contributed by atoms with E-state index in [1.165, 1.54) is 9.71 Å². The summed E-state index contributed by atoms with van der Waals surface area (Å²) in [6, 6.07) is 3.03. The summed E-state index contributed by atoms with van der Waals surface area (Å²) in [5.41, 5.74) is -0.321. The summed E-state index contributed by atoms with van der Waals surface area (Å²) in [6.45, 7) is 8.61. The smallest absolute Gasteiger partial charge is 0.345 e. The van der Waals surface area contributed by atoms with Crippen LogP contribution < -0.4 is 10.0 Å². The number of morpholine rings is 1. The Bertz CT molecular complexity index is 1270. The predicted octanol–water partition coefficient (Wildman–Crippen LogP) is 0.847. The van der Waals surface area contributed by atoms with Crippen LogP contribution in [0.5, 0.6) is 0 Å². The highest BCUT2D eigenvalue weighted by Gasteiger charge is 2.44. The average Bonchev–Trinajstić information content (AvgIpc) is 3.43. The summed E-state index contributed by atoms with van der Waals surface area (Å²) in [5.74, 6) is 1.05. The molecule has 1 aromatic rings. The maximum absolute atomic E-state index is 13.0. The Morgan fingerprint density at radius 2 is 2.00 bits per heavy atom. The number of aryl methyl sites for hydroxylation is 1. The van der Waals surface area contributed by atoms with Crippen molar-refractivity contribution in [3.05, 3.63) is 34.8 Å². The highest BCUT2D eigenvalue weighted by molar-refractivity contribution is 8.14. The van der Waals surface area contributed by atoms with Crippen molar-refractivity contribution in [3.8, 4) is 0 Å². The number of thioether (sulfide) groups is 1. The molecule has 1 saturated heterocycles. The van der Waals surface area contributed by atoms with E-state index in [0.29, 0.717) is 11.5 Å². The topological polar surface area (TPSA) is 163 Å². The van der Waals surface area contributed by atoms with E-state index in [1.807, 2.05) is 20.8 Å². The molecule has 4 rings (SSSR count). The predicted molar refractivity (Wildman–Crippen MR) is 132 cm³/mol. The van der Waals surface area contributed by atoms with Gasteiger partial charge in [0.2, 0.25) is 10.0 Å². The van der Waals surface area contributed by atoms with Crippen molar-refractivity contribution in [1.29, 1.82) is 0 Å². The zero-order chi connectivity index (χ0) is 25.6. The van der Waals surface area contributed by atoms with Crippen LogP contribution in [0.25, 0.3) is 0 Å². The Kier molecular flexibility index (Phi) is 7.11. The lowest BCUT2D eigenvalue weighted by Crippen LogP contribution is -2.48. The molecule has 3 atom stereocenters. The van der Waals surface area contributed by atoms with Crippen LogP contribution in [0.2, 0.25) is 0 Å². The van der Waals surface area contributed by atoms with Crippen molar-refractivity contribution < 1.29 is 31.1 Å². The minimum Gasteiger partial charge on any atom is -0.464 e. The Balaban J connectivity index is 1.58. The first-order chi connectivity index (χ1) is 16.3. The normalized spacial score (nSPS) is 27.4. The molecule has 0 saturated carbocycles. The van der Waals surface area contributed by atoms with Crippen molar-refractivity contribution in [1.82, 2.24) is 14.3 Å². The lowest BCUT2D eigenvalue weighted by Gasteiger charge is -2.29. The van der Waals surface area contributed by atoms with Gasteiger partial charge < -0.3 is 19.6 Å². The fourth-order valence-corrected chi connectivity index (χ4v) is 7.90. The molecule has 1 aromatic heterocycles. The lowest BCUT2D eigenvalue weighted by atomic mass is 9.85. The highest BCUT2D eigenvalue weighted by Crippen LogP contribution is 2.38. The number of hydrogen-bond donors (Lipinski definition) is 3. The maximum Gasteiger partial charge on any atom is 0.345 e. The zero-order valence-corrected chi connectivity index (χ0v) is 22.2. The van der Waals surface area contributed by atoms with E-state index in [4.69, 9.17) is 9.15 Å². The van der Waals surface area contributed by atoms with E-state index in [9.17, 15) is 21.9 Å². The van der Waals surface area contributed by atoms with Gasteiger partial charge in [-0.2, -0.15) is 12.7 Å². The second-order valence-corrected chi connectivity index (χ2v) is 14.1. The number of amidine groups is 2. The van der Waals surface area contributed by atoms with Gasteiger partial charge in [0, 0.05) is 13.1 Å². The number of furan rings is 1. The lowest BCUT2D eigenvalue weighted by molar-refractivity contribution is 0.0723. The van der Waals surface area contributed by atoms with Gasteiger partial charge in [0.25, 0.3) is 0 Å². The van der Waals surface area contributed by atoms with Crippen molar-refractivity contribution in [2.24, 2.45) is 14.8 Å². The second kappa shape index (κ2) is 9.52. The molecule has 1 fully saturated rings. The summed E-state index contributed by atoms with van der Waals surface area (Å²) >= 11 is 0.937. The van der Waals surface area contributed by atoms with Crippen LogP contribution in [-0.4, -0.2) is 74.9 Å². The number of sulfonamides is 1. The summed E-state index contributed by atoms with van der Waals surface area (Å²) in [4.78, 5) is 4.60. The quantitative estimate of drug-likeness (QED) is 0.485. The fourth-order valence-electron chi connectivity index (χ4n) is 3.79. The van der Waals surface area contributed by atoms with Crippen LogP contribution >= 0.6 is 11.8 Å². The molecule has 0 spiro atoms. The van der Waals surface area contributed by atoms with E-state index < -0.39 is 42.4 Å². The molecule has 2 unspecified atom stereocenters. The minimum atomic E-state index is -4.07. The number of nitrogens with zero attached hydrogens (tertiary/aromatic N) is 3. The van der Waals surface area contributed by atoms with Crippen molar-refractivity contribution in [2.45, 2.75) is 44.4 Å². The Morgan fingerprint density at radius 1 is 1.31 bits per heavy atom. The first-order valence-electron chi connectivity index (χ1n) is 10.9. The largest absolute Gasteiger partial charge is 0.464 e. The number of aliphatic hydroxyl groups is 1. The third kappa shape index (κ3) is 5.59. The van der Waals surface area contributed by atoms with Crippen LogP contribution in [0.1, 0.15) is 38.3 Å².